The van der Waals surface area contributed by atoms with Crippen LogP contribution in [0.5, 0.6) is 5.75 Å². The third kappa shape index (κ3) is 5.87. The van der Waals surface area contributed by atoms with Crippen molar-refractivity contribution in [2.75, 3.05) is 19.8 Å². The van der Waals surface area contributed by atoms with Crippen LogP contribution in [0.1, 0.15) is 16.7 Å². The Morgan fingerprint density at radius 3 is 2.72 bits per heavy atom. The Labute approximate surface area is 147 Å². The quantitative estimate of drug-likeness (QED) is 0.773. The molecule has 4 nitrogen and oxygen atoms in total. The van der Waals surface area contributed by atoms with Crippen LogP contribution in [0, 0.1) is 25.6 Å². The Morgan fingerprint density at radius 1 is 1.24 bits per heavy atom. The fourth-order valence-corrected chi connectivity index (χ4v) is 2.49. The highest BCUT2D eigenvalue weighted by Gasteiger charge is 2.13. The maximum Gasteiger partial charge on any atom is 0.257 e. The first kappa shape index (κ1) is 18.9. The maximum atomic E-state index is 13.7. The minimum Gasteiger partial charge on any atom is -0.483 e. The van der Waals surface area contributed by atoms with Crippen LogP contribution in [-0.4, -0.2) is 30.8 Å². The van der Waals surface area contributed by atoms with Crippen molar-refractivity contribution >= 4 is 5.91 Å². The number of carbonyl (C=O) groups excluding carboxylic acids is 1. The molecule has 1 amide bonds. The lowest BCUT2D eigenvalue weighted by molar-refractivity contribution is -0.123. The zero-order valence-electron chi connectivity index (χ0n) is 14.6. The fourth-order valence-electron chi connectivity index (χ4n) is 2.49. The maximum absolute atomic E-state index is 13.7. The van der Waals surface area contributed by atoms with Gasteiger partial charge in [0.25, 0.3) is 5.91 Å². The molecule has 25 heavy (non-hydrogen) atoms. The summed E-state index contributed by atoms with van der Waals surface area (Å²) in [7, 11) is 0. The number of nitrogens with one attached hydrogen (secondary N) is 1. The predicted octanol–water partition coefficient (Wildman–Crippen LogP) is 2.79. The Kier molecular flexibility index (Phi) is 6.95. The van der Waals surface area contributed by atoms with Crippen molar-refractivity contribution in [2.24, 2.45) is 5.92 Å². The standard InChI is InChI=1S/C20H24FNO3/c1-14-7-8-15(2)19(9-14)25-13-20(24)22-11-16(12-23)10-17-5-3-4-6-18(17)21/h3-9,16,23H,10-13H2,1-2H3,(H,22,24)/t16-/m1/s1. The van der Waals surface area contributed by atoms with Crippen molar-refractivity contribution in [1.29, 1.82) is 0 Å². The highest BCUT2D eigenvalue weighted by Crippen LogP contribution is 2.18. The van der Waals surface area contributed by atoms with Gasteiger partial charge in [-0.2, -0.15) is 0 Å². The summed E-state index contributed by atoms with van der Waals surface area (Å²) in [5.74, 6) is -0.139. The number of amides is 1. The van der Waals surface area contributed by atoms with E-state index in [1.807, 2.05) is 32.0 Å². The van der Waals surface area contributed by atoms with Crippen molar-refractivity contribution in [3.8, 4) is 5.75 Å². The topological polar surface area (TPSA) is 58.6 Å². The first-order valence-electron chi connectivity index (χ1n) is 8.30. The molecule has 2 aromatic rings. The van der Waals surface area contributed by atoms with E-state index >= 15 is 0 Å². The summed E-state index contributed by atoms with van der Waals surface area (Å²) in [6.45, 7) is 3.91. The van der Waals surface area contributed by atoms with Crippen LogP contribution < -0.4 is 10.1 Å². The van der Waals surface area contributed by atoms with E-state index in [9.17, 15) is 14.3 Å². The molecule has 2 aromatic carbocycles. The Balaban J connectivity index is 1.81. The van der Waals surface area contributed by atoms with Crippen molar-refractivity contribution in [3.05, 3.63) is 65.0 Å². The average molecular weight is 345 g/mol. The first-order chi connectivity index (χ1) is 12.0. The van der Waals surface area contributed by atoms with E-state index in [0.29, 0.717) is 17.7 Å². The lowest BCUT2D eigenvalue weighted by atomic mass is 9.99. The van der Waals surface area contributed by atoms with Crippen LogP contribution in [0.15, 0.2) is 42.5 Å². The van der Waals surface area contributed by atoms with Gasteiger partial charge < -0.3 is 15.2 Å². The van der Waals surface area contributed by atoms with Gasteiger partial charge in [-0.3, -0.25) is 4.79 Å². The van der Waals surface area contributed by atoms with E-state index in [0.717, 1.165) is 11.1 Å². The second kappa shape index (κ2) is 9.18. The number of benzene rings is 2. The molecule has 0 unspecified atom stereocenters. The number of halogens is 1. The van der Waals surface area contributed by atoms with Crippen molar-refractivity contribution in [3.63, 3.8) is 0 Å². The van der Waals surface area contributed by atoms with Gasteiger partial charge in [0.15, 0.2) is 6.61 Å². The highest BCUT2D eigenvalue weighted by atomic mass is 19.1. The Morgan fingerprint density at radius 2 is 2.00 bits per heavy atom. The number of aliphatic hydroxyl groups is 1. The van der Waals surface area contributed by atoms with Crippen molar-refractivity contribution in [2.45, 2.75) is 20.3 Å². The molecule has 2 rings (SSSR count). The van der Waals surface area contributed by atoms with Gasteiger partial charge >= 0.3 is 0 Å². The van der Waals surface area contributed by atoms with E-state index in [1.54, 1.807) is 18.2 Å². The number of aliphatic hydroxyl groups excluding tert-OH is 1. The van der Waals surface area contributed by atoms with Gasteiger partial charge in [0.1, 0.15) is 11.6 Å². The van der Waals surface area contributed by atoms with Gasteiger partial charge in [0, 0.05) is 19.1 Å². The fraction of sp³-hybridized carbons (Fsp3) is 0.350. The summed E-state index contributed by atoms with van der Waals surface area (Å²) in [6, 6.07) is 12.3. The zero-order valence-corrected chi connectivity index (χ0v) is 14.6. The third-order valence-electron chi connectivity index (χ3n) is 4.01. The lowest BCUT2D eigenvalue weighted by Gasteiger charge is -2.16. The average Bonchev–Trinajstić information content (AvgIpc) is 2.60. The van der Waals surface area contributed by atoms with Gasteiger partial charge in [-0.25, -0.2) is 4.39 Å². The molecule has 134 valence electrons. The Hall–Kier alpha value is -2.40. The molecule has 0 aliphatic rings. The number of aryl methyl sites for hydroxylation is 2. The molecule has 0 aliphatic carbocycles. The normalized spacial score (nSPS) is 11.8. The molecule has 5 heteroatoms. The summed E-state index contributed by atoms with van der Waals surface area (Å²) >= 11 is 0. The van der Waals surface area contributed by atoms with Crippen LogP contribution in [0.4, 0.5) is 4.39 Å². The number of hydrogen-bond acceptors (Lipinski definition) is 3. The van der Waals surface area contributed by atoms with Crippen LogP contribution in [0.2, 0.25) is 0 Å². The molecule has 0 heterocycles. The predicted molar refractivity (Wildman–Crippen MR) is 95.1 cm³/mol. The molecule has 0 radical (unpaired) electrons. The van der Waals surface area contributed by atoms with E-state index in [2.05, 4.69) is 5.32 Å². The van der Waals surface area contributed by atoms with Crippen LogP contribution in [-0.2, 0) is 11.2 Å². The van der Waals surface area contributed by atoms with Crippen molar-refractivity contribution in [1.82, 2.24) is 5.32 Å². The van der Waals surface area contributed by atoms with Gasteiger partial charge in [0.05, 0.1) is 0 Å². The molecular weight excluding hydrogens is 321 g/mol. The smallest absolute Gasteiger partial charge is 0.257 e. The van der Waals surface area contributed by atoms with Gasteiger partial charge in [-0.15, -0.1) is 0 Å². The number of hydrogen-bond donors (Lipinski definition) is 2. The van der Waals surface area contributed by atoms with E-state index in [-0.39, 0.29) is 37.4 Å². The second-order valence-corrected chi connectivity index (χ2v) is 6.21. The molecule has 0 bridgehead atoms. The van der Waals surface area contributed by atoms with E-state index in [1.165, 1.54) is 6.07 Å². The molecule has 1 atom stereocenters. The minimum atomic E-state index is -0.300. The van der Waals surface area contributed by atoms with Gasteiger partial charge in [-0.05, 0) is 49.1 Å². The SMILES string of the molecule is Cc1ccc(C)c(OCC(=O)NC[C@H](CO)Cc2ccccc2F)c1. The van der Waals surface area contributed by atoms with Crippen LogP contribution in [0.25, 0.3) is 0 Å². The summed E-state index contributed by atoms with van der Waals surface area (Å²) in [4.78, 5) is 12.0. The number of ether oxygens (including phenoxy) is 1. The zero-order chi connectivity index (χ0) is 18.2. The summed E-state index contributed by atoms with van der Waals surface area (Å²) in [6.07, 6.45) is 0.362. The van der Waals surface area contributed by atoms with Crippen LogP contribution in [0.3, 0.4) is 0 Å². The second-order valence-electron chi connectivity index (χ2n) is 6.21. The van der Waals surface area contributed by atoms with E-state index in [4.69, 9.17) is 4.74 Å². The van der Waals surface area contributed by atoms with Gasteiger partial charge in [-0.1, -0.05) is 30.3 Å². The molecule has 0 spiro atoms. The molecule has 0 fully saturated rings. The molecule has 2 N–H and O–H groups in total. The molecule has 0 aliphatic heterocycles. The highest BCUT2D eigenvalue weighted by molar-refractivity contribution is 5.77. The minimum absolute atomic E-state index is 0.0951. The van der Waals surface area contributed by atoms with Crippen LogP contribution >= 0.6 is 0 Å². The molecule has 0 saturated carbocycles. The molecule has 0 aromatic heterocycles. The largest absolute Gasteiger partial charge is 0.483 e. The molecular formula is C20H24FNO3. The number of carbonyl (C=O) groups is 1. The summed E-state index contributed by atoms with van der Waals surface area (Å²) < 4.78 is 19.2. The van der Waals surface area contributed by atoms with E-state index < -0.39 is 0 Å². The Bertz CT molecular complexity index is 718. The van der Waals surface area contributed by atoms with Gasteiger partial charge in [0.2, 0.25) is 0 Å². The lowest BCUT2D eigenvalue weighted by Crippen LogP contribution is -2.35. The number of rotatable bonds is 8. The summed E-state index contributed by atoms with van der Waals surface area (Å²) in [5, 5.41) is 12.2. The summed E-state index contributed by atoms with van der Waals surface area (Å²) in [5.41, 5.74) is 2.56. The first-order valence-corrected chi connectivity index (χ1v) is 8.30. The molecule has 0 saturated heterocycles. The monoisotopic (exact) mass is 345 g/mol. The third-order valence-corrected chi connectivity index (χ3v) is 4.01. The van der Waals surface area contributed by atoms with Crippen molar-refractivity contribution < 1.29 is 19.0 Å².